The van der Waals surface area contributed by atoms with Gasteiger partial charge in [-0.3, -0.25) is 9.59 Å². The highest BCUT2D eigenvalue weighted by Crippen LogP contribution is 2.23. The fourth-order valence-electron chi connectivity index (χ4n) is 3.49. The molecular weight excluding hydrogens is 350 g/mol. The van der Waals surface area contributed by atoms with Crippen molar-refractivity contribution in [1.29, 1.82) is 0 Å². The second-order valence-electron chi connectivity index (χ2n) is 6.84. The second-order valence-corrected chi connectivity index (χ2v) is 7.83. The van der Waals surface area contributed by atoms with E-state index >= 15 is 0 Å². The summed E-state index contributed by atoms with van der Waals surface area (Å²) in [6.07, 6.45) is 5.32. The fourth-order valence-corrected chi connectivity index (χ4v) is 4.25. The average Bonchev–Trinajstić information content (AvgIpc) is 2.72. The van der Waals surface area contributed by atoms with Gasteiger partial charge in [-0.1, -0.05) is 17.8 Å². The molecule has 3 heterocycles. The van der Waals surface area contributed by atoms with Crippen molar-refractivity contribution in [3.05, 3.63) is 24.4 Å². The van der Waals surface area contributed by atoms with Gasteiger partial charge in [0, 0.05) is 38.8 Å². The summed E-state index contributed by atoms with van der Waals surface area (Å²) >= 11 is 1.49. The van der Waals surface area contributed by atoms with Crippen LogP contribution < -0.4 is 0 Å². The molecule has 0 aliphatic carbocycles. The molecule has 0 bridgehead atoms. The zero-order valence-corrected chi connectivity index (χ0v) is 16.0. The summed E-state index contributed by atoms with van der Waals surface area (Å²) in [6, 6.07) is 5.73. The van der Waals surface area contributed by atoms with E-state index in [1.807, 2.05) is 28.0 Å². The number of rotatable bonds is 6. The van der Waals surface area contributed by atoms with E-state index in [1.165, 1.54) is 11.8 Å². The molecule has 0 spiro atoms. The Morgan fingerprint density at radius 2 is 2.00 bits per heavy atom. The lowest BCUT2D eigenvalue weighted by atomic mass is 9.93. The van der Waals surface area contributed by atoms with E-state index in [0.717, 1.165) is 37.4 Å². The van der Waals surface area contributed by atoms with Gasteiger partial charge < -0.3 is 14.5 Å². The largest absolute Gasteiger partial charge is 0.378 e. The van der Waals surface area contributed by atoms with E-state index in [1.54, 1.807) is 6.20 Å². The van der Waals surface area contributed by atoms with Crippen LogP contribution in [0, 0.1) is 5.92 Å². The molecule has 1 atom stereocenters. The summed E-state index contributed by atoms with van der Waals surface area (Å²) < 4.78 is 5.30. The third-order valence-corrected chi connectivity index (χ3v) is 5.91. The van der Waals surface area contributed by atoms with E-state index in [0.29, 0.717) is 44.4 Å². The molecule has 2 aliphatic rings. The molecule has 1 aromatic rings. The van der Waals surface area contributed by atoms with Gasteiger partial charge in [0.15, 0.2) is 0 Å². The van der Waals surface area contributed by atoms with Crippen molar-refractivity contribution in [3.63, 3.8) is 0 Å². The zero-order valence-electron chi connectivity index (χ0n) is 15.1. The molecule has 2 aliphatic heterocycles. The van der Waals surface area contributed by atoms with Gasteiger partial charge in [-0.25, -0.2) is 4.98 Å². The lowest BCUT2D eigenvalue weighted by Gasteiger charge is -2.33. The van der Waals surface area contributed by atoms with Crippen molar-refractivity contribution >= 4 is 23.6 Å². The highest BCUT2D eigenvalue weighted by molar-refractivity contribution is 7.99. The summed E-state index contributed by atoms with van der Waals surface area (Å²) in [5, 5.41) is 0.880. The molecule has 7 heteroatoms. The SMILES string of the molecule is O=C(CC[C@@H]1CCCN(C(=O)CSc2ccccn2)C1)N1CCOCC1. The van der Waals surface area contributed by atoms with Crippen LogP contribution >= 0.6 is 11.8 Å². The van der Waals surface area contributed by atoms with Gasteiger partial charge in [-0.05, 0) is 37.3 Å². The normalized spacial score (nSPS) is 20.8. The average molecular weight is 378 g/mol. The second kappa shape index (κ2) is 9.92. The van der Waals surface area contributed by atoms with Crippen molar-refractivity contribution in [3.8, 4) is 0 Å². The lowest BCUT2D eigenvalue weighted by molar-refractivity contribution is -0.135. The number of carbonyl (C=O) groups excluding carboxylic acids is 2. The van der Waals surface area contributed by atoms with Crippen molar-refractivity contribution in [2.24, 2.45) is 5.92 Å². The molecule has 1 aromatic heterocycles. The van der Waals surface area contributed by atoms with Crippen molar-refractivity contribution in [2.75, 3.05) is 45.1 Å². The Morgan fingerprint density at radius 3 is 2.77 bits per heavy atom. The lowest BCUT2D eigenvalue weighted by Crippen LogP contribution is -2.42. The molecule has 0 N–H and O–H groups in total. The van der Waals surface area contributed by atoms with Gasteiger partial charge in [-0.2, -0.15) is 0 Å². The number of ether oxygens (including phenoxy) is 1. The topological polar surface area (TPSA) is 62.7 Å². The molecule has 2 fully saturated rings. The third kappa shape index (κ3) is 5.71. The summed E-state index contributed by atoms with van der Waals surface area (Å²) in [4.78, 5) is 32.9. The summed E-state index contributed by atoms with van der Waals surface area (Å²) in [6.45, 7) is 4.31. The zero-order chi connectivity index (χ0) is 18.2. The van der Waals surface area contributed by atoms with Gasteiger partial charge in [0.2, 0.25) is 11.8 Å². The third-order valence-electron chi connectivity index (χ3n) is 4.98. The fraction of sp³-hybridized carbons (Fsp3) is 0.632. The van der Waals surface area contributed by atoms with Crippen molar-refractivity contribution in [2.45, 2.75) is 30.7 Å². The Bertz CT molecular complexity index is 593. The van der Waals surface area contributed by atoms with E-state index in [-0.39, 0.29) is 11.8 Å². The first kappa shape index (κ1) is 19.2. The Morgan fingerprint density at radius 1 is 1.15 bits per heavy atom. The number of likely N-dealkylation sites (tertiary alicyclic amines) is 1. The molecule has 2 saturated heterocycles. The van der Waals surface area contributed by atoms with E-state index in [9.17, 15) is 9.59 Å². The van der Waals surface area contributed by atoms with Crippen LogP contribution in [0.25, 0.3) is 0 Å². The molecule has 142 valence electrons. The van der Waals surface area contributed by atoms with Crippen LogP contribution in [0.5, 0.6) is 0 Å². The molecule has 0 saturated carbocycles. The number of pyridine rings is 1. The summed E-state index contributed by atoms with van der Waals surface area (Å²) in [5.74, 6) is 1.25. The number of hydrogen-bond acceptors (Lipinski definition) is 5. The molecule has 0 unspecified atom stereocenters. The van der Waals surface area contributed by atoms with Crippen LogP contribution in [0.4, 0.5) is 0 Å². The number of hydrogen-bond donors (Lipinski definition) is 0. The number of carbonyl (C=O) groups is 2. The highest BCUT2D eigenvalue weighted by Gasteiger charge is 2.25. The molecule has 3 rings (SSSR count). The Hall–Kier alpha value is -1.60. The van der Waals surface area contributed by atoms with Crippen LogP contribution in [0.3, 0.4) is 0 Å². The number of aromatic nitrogens is 1. The Kier molecular flexibility index (Phi) is 7.32. The summed E-state index contributed by atoms with van der Waals surface area (Å²) in [7, 11) is 0. The van der Waals surface area contributed by atoms with Gasteiger partial charge in [0.05, 0.1) is 24.0 Å². The van der Waals surface area contributed by atoms with Crippen LogP contribution in [-0.4, -0.2) is 71.7 Å². The number of amides is 2. The van der Waals surface area contributed by atoms with E-state index in [2.05, 4.69) is 4.98 Å². The minimum absolute atomic E-state index is 0.171. The first-order valence-corrected chi connectivity index (χ1v) is 10.4. The standard InChI is InChI=1S/C19H27N3O3S/c23-18(21-10-12-25-13-11-21)7-6-16-4-3-9-22(14-16)19(24)15-26-17-5-1-2-8-20-17/h1-2,5,8,16H,3-4,6-7,9-15H2/t16-/m0/s1. The minimum Gasteiger partial charge on any atom is -0.378 e. The maximum Gasteiger partial charge on any atom is 0.232 e. The van der Waals surface area contributed by atoms with Crippen LogP contribution in [0.1, 0.15) is 25.7 Å². The molecule has 0 aromatic carbocycles. The first-order valence-electron chi connectivity index (χ1n) is 9.39. The number of piperidine rings is 1. The van der Waals surface area contributed by atoms with Gasteiger partial charge in [0.25, 0.3) is 0 Å². The van der Waals surface area contributed by atoms with E-state index in [4.69, 9.17) is 4.74 Å². The first-order chi connectivity index (χ1) is 12.7. The molecule has 2 amide bonds. The van der Waals surface area contributed by atoms with Crippen LogP contribution in [0.15, 0.2) is 29.4 Å². The quantitative estimate of drug-likeness (QED) is 0.710. The smallest absolute Gasteiger partial charge is 0.232 e. The van der Waals surface area contributed by atoms with Crippen molar-refractivity contribution < 1.29 is 14.3 Å². The number of nitrogens with zero attached hydrogens (tertiary/aromatic N) is 3. The summed E-state index contributed by atoms with van der Waals surface area (Å²) in [5.41, 5.74) is 0. The van der Waals surface area contributed by atoms with Gasteiger partial charge in [-0.15, -0.1) is 0 Å². The molecule has 26 heavy (non-hydrogen) atoms. The Balaban J connectivity index is 1.40. The predicted molar refractivity (Wildman–Crippen MR) is 101 cm³/mol. The number of morpholine rings is 1. The molecule has 6 nitrogen and oxygen atoms in total. The van der Waals surface area contributed by atoms with Crippen LogP contribution in [0.2, 0.25) is 0 Å². The maximum atomic E-state index is 12.5. The van der Waals surface area contributed by atoms with Crippen molar-refractivity contribution in [1.82, 2.24) is 14.8 Å². The molecule has 0 radical (unpaired) electrons. The van der Waals surface area contributed by atoms with Crippen LogP contribution in [-0.2, 0) is 14.3 Å². The monoisotopic (exact) mass is 377 g/mol. The minimum atomic E-state index is 0.171. The maximum absolute atomic E-state index is 12.5. The van der Waals surface area contributed by atoms with Gasteiger partial charge in [0.1, 0.15) is 0 Å². The predicted octanol–water partition coefficient (Wildman–Crippen LogP) is 2.05. The number of thioether (sulfide) groups is 1. The highest BCUT2D eigenvalue weighted by atomic mass is 32.2. The van der Waals surface area contributed by atoms with Gasteiger partial charge >= 0.3 is 0 Å². The molecular formula is C19H27N3O3S. The van der Waals surface area contributed by atoms with E-state index < -0.39 is 0 Å². The Labute approximate surface area is 159 Å².